The highest BCUT2D eigenvalue weighted by Gasteiger charge is 2.37. The smallest absolute Gasteiger partial charge is 0.247 e. The van der Waals surface area contributed by atoms with Crippen molar-refractivity contribution in [3.05, 3.63) is 58.0 Å². The van der Waals surface area contributed by atoms with Crippen LogP contribution in [0.3, 0.4) is 0 Å². The average Bonchev–Trinajstić information content (AvgIpc) is 3.59. The third-order valence-corrected chi connectivity index (χ3v) is 5.69. The van der Waals surface area contributed by atoms with Gasteiger partial charge in [-0.2, -0.15) is 18.2 Å². The molecule has 5 rings (SSSR count). The standard InChI is InChI=1S/C21H19F3N4O/c22-21(23,24)18-19(26-10-9-25-18)28-17-11-14(13-4-5-13)6-7-15(17)16(27-20(28)29)8-3-12-1-2-12/h6-7,9-13H,1-5,8H2. The molecule has 2 fully saturated rings. The molecular formula is C21H19F3N4O. The van der Waals surface area contributed by atoms with Crippen LogP contribution in [0.2, 0.25) is 0 Å². The van der Waals surface area contributed by atoms with Crippen molar-refractivity contribution in [3.8, 4) is 5.82 Å². The van der Waals surface area contributed by atoms with Crippen LogP contribution >= 0.6 is 0 Å². The molecule has 0 unspecified atom stereocenters. The number of hydrogen-bond donors (Lipinski definition) is 0. The summed E-state index contributed by atoms with van der Waals surface area (Å²) in [7, 11) is 0. The SMILES string of the molecule is O=c1nc(CCC2CC2)c2ccc(C3CC3)cc2n1-c1nccnc1C(F)(F)F. The van der Waals surface area contributed by atoms with Gasteiger partial charge in [0.05, 0.1) is 11.2 Å². The Morgan fingerprint density at radius 3 is 2.52 bits per heavy atom. The maximum absolute atomic E-state index is 13.5. The Balaban J connectivity index is 1.75. The number of aryl methyl sites for hydroxylation is 1. The first-order chi connectivity index (χ1) is 13.9. The van der Waals surface area contributed by atoms with Crippen molar-refractivity contribution in [2.45, 2.75) is 50.6 Å². The monoisotopic (exact) mass is 400 g/mol. The van der Waals surface area contributed by atoms with E-state index in [4.69, 9.17) is 0 Å². The van der Waals surface area contributed by atoms with Crippen molar-refractivity contribution in [2.75, 3.05) is 0 Å². The van der Waals surface area contributed by atoms with Gasteiger partial charge in [0.25, 0.3) is 0 Å². The lowest BCUT2D eigenvalue weighted by atomic mass is 10.0. The molecule has 3 aromatic rings. The number of rotatable bonds is 5. The van der Waals surface area contributed by atoms with E-state index in [0.717, 1.165) is 41.8 Å². The molecule has 29 heavy (non-hydrogen) atoms. The van der Waals surface area contributed by atoms with Crippen molar-refractivity contribution in [2.24, 2.45) is 5.92 Å². The number of fused-ring (bicyclic) bond motifs is 1. The van der Waals surface area contributed by atoms with Crippen molar-refractivity contribution in [1.29, 1.82) is 0 Å². The van der Waals surface area contributed by atoms with Crippen LogP contribution in [-0.4, -0.2) is 19.5 Å². The molecule has 2 aliphatic carbocycles. The van der Waals surface area contributed by atoms with Gasteiger partial charge in [-0.15, -0.1) is 0 Å². The second-order valence-electron chi connectivity index (χ2n) is 7.94. The molecule has 0 bridgehead atoms. The third-order valence-electron chi connectivity index (χ3n) is 5.69. The lowest BCUT2D eigenvalue weighted by molar-refractivity contribution is -0.141. The van der Waals surface area contributed by atoms with Gasteiger partial charge >= 0.3 is 11.9 Å². The number of aromatic nitrogens is 4. The summed E-state index contributed by atoms with van der Waals surface area (Å²) in [6.07, 6.45) is 3.48. The van der Waals surface area contributed by atoms with E-state index in [1.807, 2.05) is 18.2 Å². The summed E-state index contributed by atoms with van der Waals surface area (Å²) >= 11 is 0. The minimum Gasteiger partial charge on any atom is -0.247 e. The molecular weight excluding hydrogens is 381 g/mol. The summed E-state index contributed by atoms with van der Waals surface area (Å²) in [6.45, 7) is 0. The van der Waals surface area contributed by atoms with E-state index < -0.39 is 23.4 Å². The topological polar surface area (TPSA) is 60.7 Å². The number of hydrogen-bond acceptors (Lipinski definition) is 4. The number of halogens is 3. The van der Waals surface area contributed by atoms with Gasteiger partial charge < -0.3 is 0 Å². The largest absolute Gasteiger partial charge is 0.437 e. The second kappa shape index (κ2) is 6.64. The Morgan fingerprint density at radius 1 is 1.07 bits per heavy atom. The van der Waals surface area contributed by atoms with Crippen molar-refractivity contribution in [1.82, 2.24) is 19.5 Å². The predicted octanol–water partition coefficient (Wildman–Crippen LogP) is 4.41. The summed E-state index contributed by atoms with van der Waals surface area (Å²) in [5.74, 6) is 0.538. The van der Waals surface area contributed by atoms with Crippen LogP contribution in [0, 0.1) is 5.92 Å². The Bertz CT molecular complexity index is 1150. The maximum atomic E-state index is 13.5. The molecule has 2 aromatic heterocycles. The van der Waals surface area contributed by atoms with E-state index in [1.165, 1.54) is 12.8 Å². The van der Waals surface area contributed by atoms with Crippen LogP contribution in [-0.2, 0) is 12.6 Å². The van der Waals surface area contributed by atoms with Gasteiger partial charge in [0, 0.05) is 17.8 Å². The average molecular weight is 400 g/mol. The van der Waals surface area contributed by atoms with Gasteiger partial charge in [-0.25, -0.2) is 19.3 Å². The molecule has 0 N–H and O–H groups in total. The lowest BCUT2D eigenvalue weighted by Crippen LogP contribution is -2.27. The summed E-state index contributed by atoms with van der Waals surface area (Å²) in [6, 6.07) is 5.71. The van der Waals surface area contributed by atoms with E-state index in [9.17, 15) is 18.0 Å². The quantitative estimate of drug-likeness (QED) is 0.636. The second-order valence-corrected chi connectivity index (χ2v) is 7.94. The van der Waals surface area contributed by atoms with Gasteiger partial charge in [0.15, 0.2) is 11.5 Å². The van der Waals surface area contributed by atoms with Crippen LogP contribution < -0.4 is 5.69 Å². The highest BCUT2D eigenvalue weighted by Crippen LogP contribution is 2.41. The van der Waals surface area contributed by atoms with Gasteiger partial charge in [-0.3, -0.25) is 0 Å². The number of alkyl halides is 3. The molecule has 2 saturated carbocycles. The molecule has 0 amide bonds. The first-order valence-corrected chi connectivity index (χ1v) is 9.86. The summed E-state index contributed by atoms with van der Waals surface area (Å²) < 4.78 is 41.6. The predicted molar refractivity (Wildman–Crippen MR) is 101 cm³/mol. The highest BCUT2D eigenvalue weighted by molar-refractivity contribution is 5.83. The molecule has 1 aromatic carbocycles. The van der Waals surface area contributed by atoms with Crippen LogP contribution in [0.15, 0.2) is 35.4 Å². The van der Waals surface area contributed by atoms with E-state index in [2.05, 4.69) is 15.0 Å². The molecule has 8 heteroatoms. The first-order valence-electron chi connectivity index (χ1n) is 9.86. The summed E-state index contributed by atoms with van der Waals surface area (Å²) in [5, 5.41) is 0.702. The molecule has 150 valence electrons. The first kappa shape index (κ1) is 18.3. The fraction of sp³-hybridized carbons (Fsp3) is 0.429. The fourth-order valence-corrected chi connectivity index (χ4v) is 3.81. The molecule has 0 saturated heterocycles. The molecule has 5 nitrogen and oxygen atoms in total. The van der Waals surface area contributed by atoms with Crippen molar-refractivity contribution in [3.63, 3.8) is 0 Å². The Labute approximate surface area is 164 Å². The van der Waals surface area contributed by atoms with Crippen molar-refractivity contribution >= 4 is 10.9 Å². The van der Waals surface area contributed by atoms with Gasteiger partial charge in [-0.1, -0.05) is 25.0 Å². The zero-order valence-electron chi connectivity index (χ0n) is 15.6. The van der Waals surface area contributed by atoms with E-state index in [-0.39, 0.29) is 0 Å². The fourth-order valence-electron chi connectivity index (χ4n) is 3.81. The van der Waals surface area contributed by atoms with E-state index in [0.29, 0.717) is 34.9 Å². The molecule has 0 aliphatic heterocycles. The summed E-state index contributed by atoms with van der Waals surface area (Å²) in [5.41, 5.74) is 0.164. The van der Waals surface area contributed by atoms with Crippen LogP contribution in [0.1, 0.15) is 55.0 Å². The summed E-state index contributed by atoms with van der Waals surface area (Å²) in [4.78, 5) is 24.4. The number of nitrogens with zero attached hydrogens (tertiary/aromatic N) is 4. The minimum absolute atomic E-state index is 0.398. The van der Waals surface area contributed by atoms with Gasteiger partial charge in [0.1, 0.15) is 0 Å². The molecule has 2 aliphatic rings. The van der Waals surface area contributed by atoms with Gasteiger partial charge in [0.2, 0.25) is 0 Å². The third kappa shape index (κ3) is 3.52. The minimum atomic E-state index is -4.73. The normalized spacial score (nSPS) is 17.1. The zero-order valence-corrected chi connectivity index (χ0v) is 15.6. The van der Waals surface area contributed by atoms with E-state index in [1.54, 1.807) is 0 Å². The highest BCUT2D eigenvalue weighted by atomic mass is 19.4. The van der Waals surface area contributed by atoms with Crippen LogP contribution in [0.25, 0.3) is 16.7 Å². The number of benzene rings is 1. The molecule has 0 atom stereocenters. The van der Waals surface area contributed by atoms with Crippen molar-refractivity contribution < 1.29 is 13.2 Å². The van der Waals surface area contributed by atoms with E-state index >= 15 is 0 Å². The lowest BCUT2D eigenvalue weighted by Gasteiger charge is -2.16. The Hall–Kier alpha value is -2.77. The maximum Gasteiger partial charge on any atom is 0.437 e. The Morgan fingerprint density at radius 2 is 1.83 bits per heavy atom. The molecule has 0 radical (unpaired) electrons. The Kier molecular flexibility index (Phi) is 4.18. The van der Waals surface area contributed by atoms with Crippen LogP contribution in [0.5, 0.6) is 0 Å². The zero-order chi connectivity index (χ0) is 20.2. The van der Waals surface area contributed by atoms with Crippen LogP contribution in [0.4, 0.5) is 13.2 Å². The molecule has 0 spiro atoms. The van der Waals surface area contributed by atoms with Gasteiger partial charge in [-0.05, 0) is 49.1 Å². The molecule has 2 heterocycles.